The van der Waals surface area contributed by atoms with Gasteiger partial charge >= 0.3 is 25.3 Å². The molecule has 248 valence electrons. The SMILES string of the molecule is COCCN(CCOC)C(=O)CC(=O)CCCC(=O)[O-].COCCN(CCOC)C(=O)CC(=O)CCCC(=O)[O-].[O]=[Mo+2]=[O]. The first-order valence-electron chi connectivity index (χ1n) is 13.3. The second kappa shape index (κ2) is 32.3. The van der Waals surface area contributed by atoms with Crippen molar-refractivity contribution in [3.8, 4) is 0 Å². The summed E-state index contributed by atoms with van der Waals surface area (Å²) in [5.41, 5.74) is 0. The molecule has 0 unspecified atom stereocenters. The Kier molecular flexibility index (Phi) is 33.6. The van der Waals surface area contributed by atoms with Crippen molar-refractivity contribution in [1.29, 1.82) is 0 Å². The average molecular weight is 705 g/mol. The molecule has 0 rings (SSSR count). The maximum absolute atomic E-state index is 11.9. The topological polar surface area (TPSA) is 226 Å². The van der Waals surface area contributed by atoms with E-state index in [-0.39, 0.29) is 74.7 Å². The first-order valence-corrected chi connectivity index (χ1v) is 14.9. The van der Waals surface area contributed by atoms with Gasteiger partial charge in [0.1, 0.15) is 11.6 Å². The minimum atomic E-state index is -2.03. The van der Waals surface area contributed by atoms with Gasteiger partial charge in [0.2, 0.25) is 11.8 Å². The van der Waals surface area contributed by atoms with Gasteiger partial charge in [-0.2, -0.15) is 0 Å². The summed E-state index contributed by atoms with van der Waals surface area (Å²) in [6.07, 6.45) is -0.242. The van der Waals surface area contributed by atoms with E-state index in [0.29, 0.717) is 52.6 Å². The van der Waals surface area contributed by atoms with Crippen molar-refractivity contribution in [3.05, 3.63) is 0 Å². The van der Waals surface area contributed by atoms with Crippen molar-refractivity contribution in [1.82, 2.24) is 9.80 Å². The second-order valence-corrected chi connectivity index (χ2v) is 9.02. The molecule has 0 saturated carbocycles. The third-order valence-corrected chi connectivity index (χ3v) is 5.34. The molecule has 0 aromatic carbocycles. The molecule has 0 fully saturated rings. The zero-order valence-electron chi connectivity index (χ0n) is 25.3. The Hall–Kier alpha value is -2.65. The van der Waals surface area contributed by atoms with Crippen LogP contribution < -0.4 is 10.2 Å². The summed E-state index contributed by atoms with van der Waals surface area (Å²) in [5, 5.41) is 20.4. The summed E-state index contributed by atoms with van der Waals surface area (Å²) >= 11 is -2.03. The fourth-order valence-electron chi connectivity index (χ4n) is 3.13. The van der Waals surface area contributed by atoms with E-state index in [4.69, 9.17) is 25.7 Å². The first kappa shape index (κ1) is 44.8. The minimum absolute atomic E-state index is 0.0715. The van der Waals surface area contributed by atoms with Crippen LogP contribution in [-0.4, -0.2) is 126 Å². The van der Waals surface area contributed by atoms with Crippen LogP contribution in [0.5, 0.6) is 0 Å². The molecule has 0 aromatic rings. The van der Waals surface area contributed by atoms with E-state index in [1.807, 2.05) is 0 Å². The third kappa shape index (κ3) is 32.1. The summed E-state index contributed by atoms with van der Waals surface area (Å²) in [6.45, 7) is 3.11. The molecule has 0 spiro atoms. The van der Waals surface area contributed by atoms with Crippen molar-refractivity contribution in [2.75, 3.05) is 81.0 Å². The molecule has 0 aliphatic rings. The number of carboxylic acids is 2. The van der Waals surface area contributed by atoms with Gasteiger partial charge in [0, 0.05) is 79.4 Å². The van der Waals surface area contributed by atoms with Gasteiger partial charge in [-0.1, -0.05) is 0 Å². The van der Waals surface area contributed by atoms with Crippen molar-refractivity contribution in [2.24, 2.45) is 0 Å². The van der Waals surface area contributed by atoms with Crippen LogP contribution in [0.25, 0.3) is 0 Å². The molecule has 0 bridgehead atoms. The molecule has 0 aromatic heterocycles. The van der Waals surface area contributed by atoms with Crippen LogP contribution in [0.15, 0.2) is 0 Å². The Labute approximate surface area is 260 Å². The van der Waals surface area contributed by atoms with Crippen molar-refractivity contribution in [2.45, 2.75) is 51.4 Å². The van der Waals surface area contributed by atoms with E-state index >= 15 is 0 Å². The summed E-state index contributed by atoms with van der Waals surface area (Å²) in [7, 11) is 6.13. The number of nitrogens with zero attached hydrogens (tertiary/aromatic N) is 2. The number of ether oxygens (including phenoxy) is 4. The third-order valence-electron chi connectivity index (χ3n) is 5.34. The number of carbonyl (C=O) groups is 6. The standard InChI is InChI=1S/2C13H23NO6.Mo.2O/c2*1-19-8-6-14(7-9-20-2)12(16)10-11(15)4-3-5-13(17)18;;;/h2*3-10H2,1-2H3,(H,17,18);;;/q;;+2;;/p-2. The molecule has 16 nitrogen and oxygen atoms in total. The fourth-order valence-corrected chi connectivity index (χ4v) is 3.13. The van der Waals surface area contributed by atoms with Gasteiger partial charge in [0.15, 0.2) is 0 Å². The predicted octanol–water partition coefficient (Wildman–Crippen LogP) is -2.27. The van der Waals surface area contributed by atoms with Gasteiger partial charge in [-0.15, -0.1) is 0 Å². The average Bonchev–Trinajstić information content (AvgIpc) is 2.93. The molecule has 43 heavy (non-hydrogen) atoms. The Balaban J connectivity index is -0.000000681. The van der Waals surface area contributed by atoms with E-state index in [2.05, 4.69) is 0 Å². The maximum atomic E-state index is 11.9. The molecule has 2 amide bonds. The summed E-state index contributed by atoms with van der Waals surface area (Å²) in [5.74, 6) is -3.50. The number of rotatable bonds is 24. The van der Waals surface area contributed by atoms with Gasteiger partial charge in [-0.05, 0) is 25.7 Å². The Morgan fingerprint density at radius 2 is 0.791 bits per heavy atom. The van der Waals surface area contributed by atoms with Gasteiger partial charge in [0.25, 0.3) is 0 Å². The number of Topliss-reactive ketones (excluding diaryl/α,β-unsaturated/α-hetero) is 2. The molecule has 17 heteroatoms. The van der Waals surface area contributed by atoms with E-state index in [9.17, 15) is 39.0 Å². The Morgan fingerprint density at radius 1 is 0.535 bits per heavy atom. The summed E-state index contributed by atoms with van der Waals surface area (Å²) in [6, 6.07) is 0. The van der Waals surface area contributed by atoms with E-state index in [0.717, 1.165) is 0 Å². The fraction of sp³-hybridized carbons (Fsp3) is 0.769. The molecular weight excluding hydrogens is 660 g/mol. The van der Waals surface area contributed by atoms with Crippen LogP contribution in [-0.2, 0) is 73.0 Å². The number of methoxy groups -OCH3 is 4. The van der Waals surface area contributed by atoms with Gasteiger partial charge in [-0.3, -0.25) is 19.2 Å². The second-order valence-electron chi connectivity index (χ2n) is 8.68. The molecule has 0 N–H and O–H groups in total. The first-order chi connectivity index (χ1) is 20.4. The van der Waals surface area contributed by atoms with Crippen LogP contribution in [0.4, 0.5) is 0 Å². The molecule has 0 heterocycles. The Morgan fingerprint density at radius 3 is 1.00 bits per heavy atom. The number of hydrogen-bond donors (Lipinski definition) is 0. The monoisotopic (exact) mass is 706 g/mol. The number of carboxylic acid groups (broad SMARTS) is 2. The van der Waals surface area contributed by atoms with Gasteiger partial charge in [0.05, 0.1) is 39.3 Å². The van der Waals surface area contributed by atoms with Crippen molar-refractivity contribution >= 4 is 35.3 Å². The number of hydrogen-bond acceptors (Lipinski definition) is 14. The van der Waals surface area contributed by atoms with Crippen LogP contribution >= 0.6 is 0 Å². The predicted molar refractivity (Wildman–Crippen MR) is 139 cm³/mol. The molecule has 0 radical (unpaired) electrons. The van der Waals surface area contributed by atoms with E-state index < -0.39 is 30.4 Å². The number of aliphatic carboxylic acids is 2. The number of carbonyl (C=O) groups excluding carboxylic acids is 6. The Bertz CT molecular complexity index is 772. The van der Waals surface area contributed by atoms with E-state index in [1.165, 1.54) is 38.2 Å². The quantitative estimate of drug-likeness (QED) is 0.0763. The van der Waals surface area contributed by atoms with Crippen molar-refractivity contribution in [3.63, 3.8) is 0 Å². The van der Waals surface area contributed by atoms with Gasteiger partial charge < -0.3 is 48.5 Å². The summed E-state index contributed by atoms with van der Waals surface area (Å²) < 4.78 is 36.6. The van der Waals surface area contributed by atoms with Crippen LogP contribution in [0, 0.1) is 0 Å². The molecule has 0 atom stereocenters. The zero-order chi connectivity index (χ0) is 33.5. The van der Waals surface area contributed by atoms with Crippen LogP contribution in [0.3, 0.4) is 0 Å². The van der Waals surface area contributed by atoms with Gasteiger partial charge in [-0.25, -0.2) is 0 Å². The molecule has 0 saturated heterocycles. The molecule has 0 aliphatic carbocycles. The summed E-state index contributed by atoms with van der Waals surface area (Å²) in [4.78, 5) is 70.4. The number of ketones is 2. The van der Waals surface area contributed by atoms with Crippen LogP contribution in [0.1, 0.15) is 51.4 Å². The van der Waals surface area contributed by atoms with E-state index in [1.54, 1.807) is 0 Å². The molecule has 0 aliphatic heterocycles. The normalized spacial score (nSPS) is 9.77. The van der Waals surface area contributed by atoms with Crippen molar-refractivity contribution < 1.29 is 83.2 Å². The number of amides is 2. The van der Waals surface area contributed by atoms with Crippen LogP contribution in [0.2, 0.25) is 0 Å². The molecular formula is C26H44MoN2O14. The zero-order valence-corrected chi connectivity index (χ0v) is 27.3.